The summed E-state index contributed by atoms with van der Waals surface area (Å²) in [6.45, 7) is 3.10. The highest BCUT2D eigenvalue weighted by Crippen LogP contribution is 2.36. The zero-order valence-corrected chi connectivity index (χ0v) is 18.3. The van der Waals surface area contributed by atoms with Crippen LogP contribution in [0.2, 0.25) is 5.02 Å². The highest BCUT2D eigenvalue weighted by Gasteiger charge is 2.48. The van der Waals surface area contributed by atoms with Crippen LogP contribution in [0.4, 0.5) is 20.6 Å². The summed E-state index contributed by atoms with van der Waals surface area (Å²) < 4.78 is 13.7. The van der Waals surface area contributed by atoms with E-state index in [-0.39, 0.29) is 12.2 Å². The predicted molar refractivity (Wildman–Crippen MR) is 120 cm³/mol. The number of benzene rings is 2. The normalized spacial score (nSPS) is 20.3. The second kappa shape index (κ2) is 8.36. The maximum atomic E-state index is 13.7. The fraction of sp³-hybridized carbons (Fsp3) is 0.227. The molecular weight excluding hydrogens is 441 g/mol. The lowest BCUT2D eigenvalue weighted by atomic mass is 10.1. The van der Waals surface area contributed by atoms with Crippen molar-refractivity contribution < 1.29 is 18.8 Å². The van der Waals surface area contributed by atoms with E-state index in [0.717, 1.165) is 10.5 Å². The first-order chi connectivity index (χ1) is 14.8. The fourth-order valence-electron chi connectivity index (χ4n) is 3.61. The van der Waals surface area contributed by atoms with Crippen LogP contribution in [0.5, 0.6) is 0 Å². The number of urea groups is 1. The number of hydrogen-bond donors (Lipinski definition) is 1. The van der Waals surface area contributed by atoms with Crippen LogP contribution in [0.3, 0.4) is 0 Å². The Morgan fingerprint density at radius 3 is 2.74 bits per heavy atom. The van der Waals surface area contributed by atoms with Crippen LogP contribution < -0.4 is 10.2 Å². The van der Waals surface area contributed by atoms with E-state index in [1.165, 1.54) is 34.9 Å². The van der Waals surface area contributed by atoms with Gasteiger partial charge in [0.1, 0.15) is 17.6 Å². The van der Waals surface area contributed by atoms with Crippen molar-refractivity contribution in [3.8, 4) is 0 Å². The van der Waals surface area contributed by atoms with Gasteiger partial charge in [0.2, 0.25) is 5.91 Å². The molecule has 9 heteroatoms. The average molecular weight is 460 g/mol. The van der Waals surface area contributed by atoms with Crippen molar-refractivity contribution in [1.82, 2.24) is 4.90 Å². The lowest BCUT2D eigenvalue weighted by molar-refractivity contribution is -0.121. The molecule has 4 rings (SSSR count). The molecule has 2 aliphatic rings. The Balaban J connectivity index is 1.61. The molecule has 160 valence electrons. The minimum atomic E-state index is -0.623. The lowest BCUT2D eigenvalue weighted by Gasteiger charge is -2.40. The first-order valence-corrected chi connectivity index (χ1v) is 10.9. The van der Waals surface area contributed by atoms with Crippen LogP contribution in [0.15, 0.2) is 47.9 Å². The van der Waals surface area contributed by atoms with Gasteiger partial charge in [-0.25, -0.2) is 14.1 Å². The summed E-state index contributed by atoms with van der Waals surface area (Å²) in [7, 11) is 0. The maximum Gasteiger partial charge on any atom is 0.332 e. The number of nitrogens with one attached hydrogen (secondary N) is 1. The second-order valence-corrected chi connectivity index (χ2v) is 8.81. The Bertz CT molecular complexity index is 1120. The van der Waals surface area contributed by atoms with Crippen LogP contribution in [-0.4, -0.2) is 40.6 Å². The van der Waals surface area contributed by atoms with E-state index >= 15 is 0 Å². The molecule has 0 bridgehead atoms. The maximum absolute atomic E-state index is 13.7. The van der Waals surface area contributed by atoms with Crippen LogP contribution in [0, 0.1) is 19.7 Å². The third-order valence-electron chi connectivity index (χ3n) is 5.33. The number of rotatable bonds is 4. The molecular formula is C22H19ClFN3O3S. The highest BCUT2D eigenvalue weighted by molar-refractivity contribution is 8.03. The molecule has 1 fully saturated rings. The van der Waals surface area contributed by atoms with E-state index in [9.17, 15) is 18.8 Å². The van der Waals surface area contributed by atoms with Gasteiger partial charge in [0.05, 0.1) is 11.7 Å². The molecule has 2 atom stereocenters. The number of thioether (sulfide) groups is 1. The number of halogens is 2. The predicted octanol–water partition coefficient (Wildman–Crippen LogP) is 4.50. The van der Waals surface area contributed by atoms with Crippen LogP contribution in [0.25, 0.3) is 0 Å². The van der Waals surface area contributed by atoms with Crippen LogP contribution in [-0.2, 0) is 9.59 Å². The lowest BCUT2D eigenvalue weighted by Crippen LogP contribution is -2.63. The topological polar surface area (TPSA) is 69.7 Å². The van der Waals surface area contributed by atoms with E-state index in [4.69, 9.17) is 11.6 Å². The van der Waals surface area contributed by atoms with Crippen molar-refractivity contribution in [3.05, 3.63) is 69.8 Å². The zero-order chi connectivity index (χ0) is 22.3. The number of carbonyl (C=O) groups is 3. The molecule has 31 heavy (non-hydrogen) atoms. The largest absolute Gasteiger partial charge is 0.332 e. The van der Waals surface area contributed by atoms with Crippen LogP contribution in [0.1, 0.15) is 11.1 Å². The smallest absolute Gasteiger partial charge is 0.324 e. The van der Waals surface area contributed by atoms with E-state index in [1.807, 2.05) is 0 Å². The van der Waals surface area contributed by atoms with Gasteiger partial charge in [0.15, 0.2) is 0 Å². The van der Waals surface area contributed by atoms with Gasteiger partial charge in [-0.05, 0) is 60.7 Å². The Morgan fingerprint density at radius 1 is 1.23 bits per heavy atom. The number of nitrogens with zero attached hydrogens (tertiary/aromatic N) is 2. The average Bonchev–Trinajstić information content (AvgIpc) is 3.22. The van der Waals surface area contributed by atoms with Gasteiger partial charge < -0.3 is 10.2 Å². The molecule has 0 spiro atoms. The summed E-state index contributed by atoms with van der Waals surface area (Å²) in [5, 5.41) is 4.49. The van der Waals surface area contributed by atoms with Gasteiger partial charge in [-0.15, -0.1) is 11.8 Å². The van der Waals surface area contributed by atoms with Crippen molar-refractivity contribution in [3.63, 3.8) is 0 Å². The van der Waals surface area contributed by atoms with Crippen molar-refractivity contribution in [1.29, 1.82) is 0 Å². The van der Waals surface area contributed by atoms with E-state index < -0.39 is 35.0 Å². The van der Waals surface area contributed by atoms with Gasteiger partial charge >= 0.3 is 6.03 Å². The summed E-state index contributed by atoms with van der Waals surface area (Å²) in [6, 6.07) is 8.07. The van der Waals surface area contributed by atoms with Gasteiger partial charge in [0, 0.05) is 10.7 Å². The van der Waals surface area contributed by atoms with Crippen molar-refractivity contribution in [2.24, 2.45) is 0 Å². The summed E-state index contributed by atoms with van der Waals surface area (Å²) in [5.41, 5.74) is 1.86. The van der Waals surface area contributed by atoms with E-state index in [2.05, 4.69) is 5.32 Å². The Morgan fingerprint density at radius 2 is 2.00 bits per heavy atom. The number of hydrogen-bond acceptors (Lipinski definition) is 4. The summed E-state index contributed by atoms with van der Waals surface area (Å²) in [5.74, 6) is -1.23. The molecule has 0 radical (unpaired) electrons. The number of anilines is 2. The fourth-order valence-corrected chi connectivity index (χ4v) is 4.82. The van der Waals surface area contributed by atoms with Gasteiger partial charge in [-0.1, -0.05) is 23.7 Å². The summed E-state index contributed by atoms with van der Waals surface area (Å²) in [4.78, 5) is 41.5. The molecule has 6 nitrogen and oxygen atoms in total. The van der Waals surface area contributed by atoms with Crippen LogP contribution >= 0.6 is 23.4 Å². The third kappa shape index (κ3) is 3.93. The first kappa shape index (κ1) is 21.4. The number of aryl methyl sites for hydroxylation is 1. The molecule has 0 aliphatic carbocycles. The number of fused-ring (bicyclic) bond motifs is 1. The van der Waals surface area contributed by atoms with E-state index in [1.54, 1.807) is 43.5 Å². The first-order valence-electron chi connectivity index (χ1n) is 9.55. The molecule has 0 saturated carbocycles. The molecule has 4 amide bonds. The SMILES string of the molecule is Cc1cc(N2C(=O)C3SC=CC3N(CC(=O)Nc3cccc(Cl)c3C)C2=O)ccc1F. The molecule has 1 N–H and O–H groups in total. The second-order valence-electron chi connectivity index (χ2n) is 7.35. The number of imide groups is 1. The molecule has 2 aromatic carbocycles. The van der Waals surface area contributed by atoms with Crippen molar-refractivity contribution >= 4 is 52.6 Å². The van der Waals surface area contributed by atoms with Crippen molar-refractivity contribution in [2.45, 2.75) is 25.1 Å². The third-order valence-corrected chi connectivity index (χ3v) is 6.82. The highest BCUT2D eigenvalue weighted by atomic mass is 35.5. The quantitative estimate of drug-likeness (QED) is 0.730. The zero-order valence-electron chi connectivity index (χ0n) is 16.8. The number of carbonyl (C=O) groups excluding carboxylic acids is 3. The molecule has 1 saturated heterocycles. The molecule has 2 aromatic rings. The Kier molecular flexibility index (Phi) is 5.77. The van der Waals surface area contributed by atoms with Crippen molar-refractivity contribution in [2.75, 3.05) is 16.8 Å². The minimum absolute atomic E-state index is 0.249. The number of amides is 4. The minimum Gasteiger partial charge on any atom is -0.324 e. The molecule has 0 aromatic heterocycles. The summed E-state index contributed by atoms with van der Waals surface area (Å²) in [6.07, 6.45) is 1.75. The van der Waals surface area contributed by atoms with Gasteiger partial charge in [-0.3, -0.25) is 9.59 Å². The Hall–Kier alpha value is -2.84. The molecule has 2 unspecified atom stereocenters. The Labute approximate surface area is 188 Å². The molecule has 2 heterocycles. The standard InChI is InChI=1S/C22H19ClFN3O3S/c1-12-10-14(6-7-16(12)24)27-21(29)20-18(8-9-31-20)26(22(27)30)11-19(28)25-17-5-3-4-15(23)13(17)2/h3-10,18,20H,11H2,1-2H3,(H,25,28). The monoisotopic (exact) mass is 459 g/mol. The van der Waals surface area contributed by atoms with Gasteiger partial charge in [0.25, 0.3) is 5.91 Å². The van der Waals surface area contributed by atoms with E-state index in [0.29, 0.717) is 16.3 Å². The van der Waals surface area contributed by atoms with Gasteiger partial charge in [-0.2, -0.15) is 0 Å². The summed E-state index contributed by atoms with van der Waals surface area (Å²) >= 11 is 7.41. The molecule has 2 aliphatic heterocycles.